The Bertz CT molecular complexity index is 1440. The summed E-state index contributed by atoms with van der Waals surface area (Å²) in [4.78, 5) is 71.6. The first kappa shape index (κ1) is 37.5. The van der Waals surface area contributed by atoms with E-state index >= 15 is 0 Å². The molecular formula is C31H40N6O10. The Labute approximate surface area is 270 Å². The summed E-state index contributed by atoms with van der Waals surface area (Å²) in [6.45, 7) is 2.01. The molecule has 10 N–H and O–H groups in total. The van der Waals surface area contributed by atoms with Gasteiger partial charge in [0.2, 0.25) is 0 Å². The number of benzene rings is 2. The number of nitrogens with one attached hydrogen (secondary N) is 5. The monoisotopic (exact) mass is 656 g/mol. The highest BCUT2D eigenvalue weighted by atomic mass is 16.5. The van der Waals surface area contributed by atoms with Crippen LogP contribution in [0.1, 0.15) is 72.0 Å². The second-order valence-electron chi connectivity index (χ2n) is 10.6. The first-order chi connectivity index (χ1) is 22.3. The molecule has 0 radical (unpaired) electrons. The van der Waals surface area contributed by atoms with Gasteiger partial charge in [-0.3, -0.25) is 19.8 Å². The maximum absolute atomic E-state index is 12.9. The number of urea groups is 1. The van der Waals surface area contributed by atoms with Crippen LogP contribution in [0.25, 0.3) is 0 Å². The number of hydrogen-bond donors (Lipinski definition) is 9. The van der Waals surface area contributed by atoms with E-state index < -0.39 is 60.2 Å². The largest absolute Gasteiger partial charge is 0.481 e. The molecule has 3 atom stereocenters. The SMILES string of the molecule is C[C@@H](C(=O)OCc1ccccc1)c1cc(C(=O)NCCCC[C@H](NC(=O)N[C@@H](CCC(=O)O)C(=O)O)C(=O)O)ccc1CNC(=N)N. The number of amides is 3. The van der Waals surface area contributed by atoms with Crippen LogP contribution in [-0.4, -0.2) is 75.7 Å². The van der Waals surface area contributed by atoms with Gasteiger partial charge in [0.25, 0.3) is 5.91 Å². The molecule has 3 amide bonds. The van der Waals surface area contributed by atoms with E-state index in [1.54, 1.807) is 25.1 Å². The molecule has 254 valence electrons. The first-order valence-electron chi connectivity index (χ1n) is 14.7. The van der Waals surface area contributed by atoms with Crippen molar-refractivity contribution in [2.75, 3.05) is 6.54 Å². The molecule has 0 unspecified atom stereocenters. The third-order valence-electron chi connectivity index (χ3n) is 6.98. The van der Waals surface area contributed by atoms with Crippen molar-refractivity contribution in [1.29, 1.82) is 5.41 Å². The van der Waals surface area contributed by atoms with Gasteiger partial charge in [0.1, 0.15) is 18.7 Å². The summed E-state index contributed by atoms with van der Waals surface area (Å²) in [5.41, 5.74) is 7.63. The van der Waals surface area contributed by atoms with Crippen LogP contribution < -0.4 is 27.0 Å². The molecule has 16 nitrogen and oxygen atoms in total. The Morgan fingerprint density at radius 1 is 0.872 bits per heavy atom. The van der Waals surface area contributed by atoms with E-state index in [0.29, 0.717) is 17.5 Å². The molecule has 47 heavy (non-hydrogen) atoms. The molecule has 0 bridgehead atoms. The number of carboxylic acid groups (broad SMARTS) is 3. The number of carboxylic acids is 3. The number of esters is 1. The van der Waals surface area contributed by atoms with Crippen molar-refractivity contribution in [3.05, 3.63) is 70.8 Å². The molecule has 0 heterocycles. The van der Waals surface area contributed by atoms with Crippen molar-refractivity contribution in [2.24, 2.45) is 5.73 Å². The van der Waals surface area contributed by atoms with Crippen LogP contribution in [0, 0.1) is 5.41 Å². The van der Waals surface area contributed by atoms with Gasteiger partial charge in [0.15, 0.2) is 5.96 Å². The molecule has 0 aromatic heterocycles. The third-order valence-corrected chi connectivity index (χ3v) is 6.98. The normalized spacial score (nSPS) is 12.4. The van der Waals surface area contributed by atoms with Crippen molar-refractivity contribution in [3.8, 4) is 0 Å². The average Bonchev–Trinajstić information content (AvgIpc) is 3.03. The standard InChI is InChI=1S/C31H40N6O10/c1-18(29(45)47-17-19-7-3-2-4-8-19)22-15-20(10-11-21(22)16-35-30(32)33)26(40)34-14-6-5-9-23(27(41)42)36-31(46)37-24(28(43)44)12-13-25(38)39/h2-4,7-8,10-11,15,18,23-24H,5-6,9,12-14,16-17H2,1H3,(H,34,40)(H,38,39)(H,41,42)(H,43,44)(H4,32,33,35)(H2,36,37,46)/t18-,23+,24+/m1/s1. The zero-order chi connectivity index (χ0) is 34.9. The number of guanidine groups is 1. The number of carbonyl (C=O) groups is 6. The number of ether oxygens (including phenoxy) is 1. The molecule has 0 saturated carbocycles. The van der Waals surface area contributed by atoms with E-state index in [2.05, 4.69) is 21.3 Å². The van der Waals surface area contributed by atoms with Gasteiger partial charge in [-0.2, -0.15) is 0 Å². The minimum absolute atomic E-state index is 0.0317. The summed E-state index contributed by atoms with van der Waals surface area (Å²) >= 11 is 0. The van der Waals surface area contributed by atoms with Crippen LogP contribution in [0.3, 0.4) is 0 Å². The summed E-state index contributed by atoms with van der Waals surface area (Å²) < 4.78 is 5.48. The third kappa shape index (κ3) is 13.5. The highest BCUT2D eigenvalue weighted by Gasteiger charge is 2.25. The van der Waals surface area contributed by atoms with Gasteiger partial charge in [0.05, 0.1) is 5.92 Å². The van der Waals surface area contributed by atoms with Crippen molar-refractivity contribution in [1.82, 2.24) is 21.3 Å². The number of nitrogens with two attached hydrogens (primary N) is 1. The maximum atomic E-state index is 12.9. The Balaban J connectivity index is 1.95. The number of rotatable bonds is 19. The molecule has 2 rings (SSSR count). The van der Waals surface area contributed by atoms with Crippen LogP contribution in [0.4, 0.5) is 4.79 Å². The molecular weight excluding hydrogens is 616 g/mol. The molecule has 0 aliphatic heterocycles. The van der Waals surface area contributed by atoms with Gasteiger partial charge in [-0.1, -0.05) is 36.4 Å². The number of aliphatic carboxylic acids is 3. The van der Waals surface area contributed by atoms with E-state index in [1.807, 2.05) is 30.3 Å². The predicted octanol–water partition coefficient (Wildman–Crippen LogP) is 1.49. The number of unbranched alkanes of at least 4 members (excludes halogenated alkanes) is 1. The maximum Gasteiger partial charge on any atom is 0.326 e. The van der Waals surface area contributed by atoms with E-state index in [4.69, 9.17) is 26.1 Å². The van der Waals surface area contributed by atoms with Crippen molar-refractivity contribution in [2.45, 2.75) is 70.2 Å². The smallest absolute Gasteiger partial charge is 0.326 e. The Hall–Kier alpha value is -5.67. The molecule has 0 aliphatic rings. The van der Waals surface area contributed by atoms with Gasteiger partial charge < -0.3 is 47.1 Å². The lowest BCUT2D eigenvalue weighted by atomic mass is 9.93. The molecule has 0 spiro atoms. The topological polar surface area (TPSA) is 270 Å². The second kappa shape index (κ2) is 19.0. The lowest BCUT2D eigenvalue weighted by Gasteiger charge is -2.18. The van der Waals surface area contributed by atoms with Gasteiger partial charge in [-0.05, 0) is 61.4 Å². The van der Waals surface area contributed by atoms with Crippen LogP contribution >= 0.6 is 0 Å². The molecule has 2 aromatic carbocycles. The van der Waals surface area contributed by atoms with Gasteiger partial charge in [0, 0.05) is 25.1 Å². The highest BCUT2D eigenvalue weighted by Crippen LogP contribution is 2.24. The molecule has 0 fully saturated rings. The van der Waals surface area contributed by atoms with Gasteiger partial charge in [-0.15, -0.1) is 0 Å². The fraction of sp³-hybridized carbons (Fsp3) is 0.387. The summed E-state index contributed by atoms with van der Waals surface area (Å²) in [5.74, 6) is -6.04. The Morgan fingerprint density at radius 2 is 1.51 bits per heavy atom. The molecule has 0 aliphatic carbocycles. The van der Waals surface area contributed by atoms with Crippen LogP contribution in [-0.2, 0) is 37.1 Å². The van der Waals surface area contributed by atoms with Crippen molar-refractivity contribution >= 4 is 41.8 Å². The Morgan fingerprint density at radius 3 is 2.11 bits per heavy atom. The zero-order valence-electron chi connectivity index (χ0n) is 25.8. The lowest BCUT2D eigenvalue weighted by molar-refractivity contribution is -0.146. The van der Waals surface area contributed by atoms with E-state index in [1.165, 1.54) is 0 Å². The van der Waals surface area contributed by atoms with Crippen LogP contribution in [0.2, 0.25) is 0 Å². The fourth-order valence-corrected chi connectivity index (χ4v) is 4.39. The summed E-state index contributed by atoms with van der Waals surface area (Å²) in [7, 11) is 0. The summed E-state index contributed by atoms with van der Waals surface area (Å²) in [5, 5.41) is 44.5. The van der Waals surface area contributed by atoms with E-state index in [-0.39, 0.29) is 50.5 Å². The summed E-state index contributed by atoms with van der Waals surface area (Å²) in [6.07, 6.45) is -0.314. The predicted molar refractivity (Wildman–Crippen MR) is 167 cm³/mol. The van der Waals surface area contributed by atoms with E-state index in [0.717, 1.165) is 5.56 Å². The molecule has 16 heteroatoms. The van der Waals surface area contributed by atoms with Crippen molar-refractivity contribution in [3.63, 3.8) is 0 Å². The first-order valence-corrected chi connectivity index (χ1v) is 14.7. The molecule has 0 saturated heterocycles. The summed E-state index contributed by atoms with van der Waals surface area (Å²) in [6, 6.07) is 9.97. The number of carbonyl (C=O) groups excluding carboxylic acids is 3. The van der Waals surface area contributed by atoms with Crippen molar-refractivity contribution < 1.29 is 48.8 Å². The minimum Gasteiger partial charge on any atom is -0.481 e. The van der Waals surface area contributed by atoms with E-state index in [9.17, 15) is 33.9 Å². The lowest BCUT2D eigenvalue weighted by Crippen LogP contribution is -2.51. The fourth-order valence-electron chi connectivity index (χ4n) is 4.39. The zero-order valence-corrected chi connectivity index (χ0v) is 25.8. The highest BCUT2D eigenvalue weighted by molar-refractivity contribution is 5.95. The average molecular weight is 657 g/mol. The van der Waals surface area contributed by atoms with Crippen LogP contribution in [0.5, 0.6) is 0 Å². The Kier molecular flexibility index (Phi) is 15.2. The van der Waals surface area contributed by atoms with Crippen LogP contribution in [0.15, 0.2) is 48.5 Å². The minimum atomic E-state index is -1.52. The van der Waals surface area contributed by atoms with Gasteiger partial charge >= 0.3 is 29.9 Å². The quantitative estimate of drug-likeness (QED) is 0.0450. The van der Waals surface area contributed by atoms with Gasteiger partial charge in [-0.25, -0.2) is 14.4 Å². The molecule has 2 aromatic rings. The second-order valence-corrected chi connectivity index (χ2v) is 10.6. The number of hydrogen-bond acceptors (Lipinski definition) is 8.